The molecule has 1 N–H and O–H groups in total. The minimum Gasteiger partial charge on any atom is -0.352 e. The molecule has 0 bridgehead atoms. The first-order valence-corrected chi connectivity index (χ1v) is 5.17. The molecule has 12 heavy (non-hydrogen) atoms. The van der Waals surface area contributed by atoms with Crippen molar-refractivity contribution in [1.29, 1.82) is 0 Å². The van der Waals surface area contributed by atoms with Gasteiger partial charge in [0, 0.05) is 6.54 Å². The van der Waals surface area contributed by atoms with E-state index in [1.807, 2.05) is 13.8 Å². The summed E-state index contributed by atoms with van der Waals surface area (Å²) in [6.45, 7) is 4.36. The van der Waals surface area contributed by atoms with Crippen LogP contribution in [0.1, 0.15) is 22.3 Å². The van der Waals surface area contributed by atoms with Crippen molar-refractivity contribution in [3.05, 3.63) is 14.5 Å². The Bertz CT molecular complexity index is 298. The summed E-state index contributed by atoms with van der Waals surface area (Å²) in [6, 6.07) is 0. The van der Waals surface area contributed by atoms with Crippen LogP contribution in [0.25, 0.3) is 0 Å². The number of halogens is 1. The normalized spacial score (nSPS) is 9.92. The summed E-state index contributed by atoms with van der Waals surface area (Å²) >= 11 is 4.59. The van der Waals surface area contributed by atoms with Crippen LogP contribution in [0.15, 0.2) is 3.92 Å². The van der Waals surface area contributed by atoms with E-state index in [-0.39, 0.29) is 5.91 Å². The Morgan fingerprint density at radius 2 is 2.42 bits per heavy atom. The number of rotatable bonds is 2. The van der Waals surface area contributed by atoms with Crippen LogP contribution in [0.4, 0.5) is 0 Å². The highest BCUT2D eigenvalue weighted by Gasteiger charge is 2.12. The highest BCUT2D eigenvalue weighted by molar-refractivity contribution is 9.11. The fourth-order valence-electron chi connectivity index (χ4n) is 0.815. The van der Waals surface area contributed by atoms with Crippen LogP contribution in [0, 0.1) is 6.92 Å². The molecule has 0 spiro atoms. The summed E-state index contributed by atoms with van der Waals surface area (Å²) in [6.07, 6.45) is 0. The van der Waals surface area contributed by atoms with Gasteiger partial charge in [0.05, 0.1) is 5.69 Å². The second-order valence-electron chi connectivity index (χ2n) is 2.24. The van der Waals surface area contributed by atoms with E-state index in [1.54, 1.807) is 0 Å². The van der Waals surface area contributed by atoms with E-state index in [0.29, 0.717) is 11.4 Å². The quantitative estimate of drug-likeness (QED) is 0.870. The molecule has 0 radical (unpaired) electrons. The fraction of sp³-hybridized carbons (Fsp3) is 0.429. The average Bonchev–Trinajstić information content (AvgIpc) is 2.30. The van der Waals surface area contributed by atoms with Gasteiger partial charge in [-0.25, -0.2) is 4.98 Å². The number of nitrogens with one attached hydrogen (secondary N) is 1. The highest BCUT2D eigenvalue weighted by Crippen LogP contribution is 2.22. The molecule has 0 aliphatic rings. The van der Waals surface area contributed by atoms with Crippen molar-refractivity contribution in [2.24, 2.45) is 0 Å². The second-order valence-corrected chi connectivity index (χ2v) is 4.52. The molecule has 1 aromatic rings. The van der Waals surface area contributed by atoms with Crippen molar-refractivity contribution in [3.8, 4) is 0 Å². The molecule has 66 valence electrons. The molecule has 0 fully saturated rings. The van der Waals surface area contributed by atoms with E-state index >= 15 is 0 Å². The summed E-state index contributed by atoms with van der Waals surface area (Å²) in [5.74, 6) is -0.0433. The maximum atomic E-state index is 11.3. The molecular weight excluding hydrogens is 240 g/mol. The van der Waals surface area contributed by atoms with Gasteiger partial charge in [-0.1, -0.05) is 0 Å². The molecule has 0 unspecified atom stereocenters. The first kappa shape index (κ1) is 9.67. The summed E-state index contributed by atoms with van der Waals surface area (Å²) in [7, 11) is 0. The zero-order chi connectivity index (χ0) is 9.14. The van der Waals surface area contributed by atoms with Crippen LogP contribution in [-0.4, -0.2) is 17.4 Å². The number of carbonyl (C=O) groups excluding carboxylic acids is 1. The Kier molecular flexibility index (Phi) is 3.22. The molecule has 3 nitrogen and oxygen atoms in total. The van der Waals surface area contributed by atoms with Crippen LogP contribution >= 0.6 is 27.3 Å². The number of thiazole rings is 1. The van der Waals surface area contributed by atoms with Gasteiger partial charge in [0.25, 0.3) is 5.91 Å². The lowest BCUT2D eigenvalue weighted by atomic mass is 10.4. The van der Waals surface area contributed by atoms with E-state index in [4.69, 9.17) is 0 Å². The van der Waals surface area contributed by atoms with Crippen molar-refractivity contribution in [3.63, 3.8) is 0 Å². The molecule has 1 amide bonds. The predicted octanol–water partition coefficient (Wildman–Crippen LogP) is 1.96. The number of aromatic nitrogens is 1. The topological polar surface area (TPSA) is 42.0 Å². The zero-order valence-corrected chi connectivity index (χ0v) is 9.25. The molecule has 1 heterocycles. The van der Waals surface area contributed by atoms with E-state index in [1.165, 1.54) is 11.3 Å². The number of hydrogen-bond donors (Lipinski definition) is 1. The molecule has 1 aromatic heterocycles. The molecule has 0 saturated heterocycles. The first-order valence-electron chi connectivity index (χ1n) is 3.56. The molecular formula is C7H9BrN2OS. The van der Waals surface area contributed by atoms with Gasteiger partial charge in [-0.2, -0.15) is 0 Å². The van der Waals surface area contributed by atoms with E-state index in [2.05, 4.69) is 26.2 Å². The minimum atomic E-state index is -0.0433. The van der Waals surface area contributed by atoms with E-state index in [9.17, 15) is 4.79 Å². The largest absolute Gasteiger partial charge is 0.352 e. The fourth-order valence-corrected chi connectivity index (χ4v) is 2.28. The Balaban J connectivity index is 2.87. The van der Waals surface area contributed by atoms with Gasteiger partial charge >= 0.3 is 0 Å². The Labute approximate surface area is 83.3 Å². The summed E-state index contributed by atoms with van der Waals surface area (Å²) in [4.78, 5) is 16.1. The third-order valence-electron chi connectivity index (χ3n) is 1.31. The van der Waals surface area contributed by atoms with Crippen LogP contribution < -0.4 is 5.32 Å². The van der Waals surface area contributed by atoms with Gasteiger partial charge in [0.15, 0.2) is 3.92 Å². The van der Waals surface area contributed by atoms with Gasteiger partial charge in [0.1, 0.15) is 4.88 Å². The lowest BCUT2D eigenvalue weighted by molar-refractivity contribution is 0.0959. The van der Waals surface area contributed by atoms with Gasteiger partial charge in [0.2, 0.25) is 0 Å². The average molecular weight is 249 g/mol. The lowest BCUT2D eigenvalue weighted by Crippen LogP contribution is -2.22. The number of amides is 1. The minimum absolute atomic E-state index is 0.0433. The third kappa shape index (κ3) is 2.04. The van der Waals surface area contributed by atoms with Crippen LogP contribution in [0.3, 0.4) is 0 Å². The monoisotopic (exact) mass is 248 g/mol. The Morgan fingerprint density at radius 1 is 1.75 bits per heavy atom. The van der Waals surface area contributed by atoms with Crippen molar-refractivity contribution in [2.75, 3.05) is 6.54 Å². The zero-order valence-electron chi connectivity index (χ0n) is 6.85. The van der Waals surface area contributed by atoms with Gasteiger partial charge in [-0.3, -0.25) is 4.79 Å². The SMILES string of the molecule is CCNC(=O)c1sc(Br)nc1C. The van der Waals surface area contributed by atoms with Crippen molar-refractivity contribution < 1.29 is 4.79 Å². The number of hydrogen-bond acceptors (Lipinski definition) is 3. The smallest absolute Gasteiger partial charge is 0.263 e. The molecule has 0 aliphatic heterocycles. The maximum Gasteiger partial charge on any atom is 0.263 e. The molecule has 1 rings (SSSR count). The Morgan fingerprint density at radius 3 is 2.83 bits per heavy atom. The second kappa shape index (κ2) is 4.00. The van der Waals surface area contributed by atoms with Crippen LogP contribution in [-0.2, 0) is 0 Å². The maximum absolute atomic E-state index is 11.3. The number of aryl methyl sites for hydroxylation is 1. The summed E-state index contributed by atoms with van der Waals surface area (Å²) in [5.41, 5.74) is 0.776. The van der Waals surface area contributed by atoms with Crippen LogP contribution in [0.5, 0.6) is 0 Å². The van der Waals surface area contributed by atoms with E-state index < -0.39 is 0 Å². The number of nitrogens with zero attached hydrogens (tertiary/aromatic N) is 1. The van der Waals surface area contributed by atoms with Gasteiger partial charge < -0.3 is 5.32 Å². The molecule has 0 atom stereocenters. The molecule has 0 aromatic carbocycles. The van der Waals surface area contributed by atoms with Crippen molar-refractivity contribution >= 4 is 33.2 Å². The van der Waals surface area contributed by atoms with Gasteiger partial charge in [-0.05, 0) is 29.8 Å². The van der Waals surface area contributed by atoms with Gasteiger partial charge in [-0.15, -0.1) is 11.3 Å². The first-order chi connectivity index (χ1) is 5.65. The van der Waals surface area contributed by atoms with Crippen molar-refractivity contribution in [1.82, 2.24) is 10.3 Å². The Hall–Kier alpha value is -0.420. The lowest BCUT2D eigenvalue weighted by Gasteiger charge is -1.97. The highest BCUT2D eigenvalue weighted by atomic mass is 79.9. The molecule has 0 aliphatic carbocycles. The van der Waals surface area contributed by atoms with E-state index in [0.717, 1.165) is 9.61 Å². The van der Waals surface area contributed by atoms with Crippen molar-refractivity contribution in [2.45, 2.75) is 13.8 Å². The predicted molar refractivity (Wildman–Crippen MR) is 52.6 cm³/mol. The summed E-state index contributed by atoms with van der Waals surface area (Å²) < 4.78 is 0.751. The molecule has 5 heteroatoms. The molecule has 0 saturated carbocycles. The van der Waals surface area contributed by atoms with Crippen LogP contribution in [0.2, 0.25) is 0 Å². The number of carbonyl (C=O) groups is 1. The standard InChI is InChI=1S/C7H9BrN2OS/c1-3-9-6(11)5-4(2)10-7(8)12-5/h3H2,1-2H3,(H,9,11). The summed E-state index contributed by atoms with van der Waals surface area (Å²) in [5, 5.41) is 2.73. The third-order valence-corrected chi connectivity index (χ3v) is 2.92.